The van der Waals surface area contributed by atoms with Crippen LogP contribution in [0.1, 0.15) is 12.5 Å². The molecule has 0 bridgehead atoms. The highest BCUT2D eigenvalue weighted by molar-refractivity contribution is 9.10. The summed E-state index contributed by atoms with van der Waals surface area (Å²) in [5, 5.41) is 1.54. The fourth-order valence-corrected chi connectivity index (χ4v) is 2.99. The van der Waals surface area contributed by atoms with Crippen LogP contribution in [0.25, 0.3) is 16.5 Å². The molecule has 0 saturated carbocycles. The number of nitrogen functional groups attached to an aromatic ring is 1. The maximum absolute atomic E-state index is 12.8. The molecule has 106 valence electrons. The van der Waals surface area contributed by atoms with Crippen molar-refractivity contribution in [1.29, 1.82) is 0 Å². The highest BCUT2D eigenvalue weighted by Gasteiger charge is 2.11. The van der Waals surface area contributed by atoms with E-state index in [1.807, 2.05) is 48.5 Å². The van der Waals surface area contributed by atoms with E-state index in [4.69, 9.17) is 5.73 Å². The standard InChI is InChI=1S/C17H15BrN2O/c1-2-11-9-13(18)7-8-15(11)20-16(19)10-12-5-3-4-6-14(12)17(20)21/h3-10H,2,19H2,1H3. The van der Waals surface area contributed by atoms with Gasteiger partial charge in [-0.2, -0.15) is 0 Å². The van der Waals surface area contributed by atoms with E-state index < -0.39 is 0 Å². The molecule has 0 aliphatic carbocycles. The Kier molecular flexibility index (Phi) is 3.55. The molecular weight excluding hydrogens is 328 g/mol. The number of halogens is 1. The maximum atomic E-state index is 12.8. The van der Waals surface area contributed by atoms with Crippen LogP contribution in [0.15, 0.2) is 57.8 Å². The van der Waals surface area contributed by atoms with Gasteiger partial charge in [-0.1, -0.05) is 41.1 Å². The van der Waals surface area contributed by atoms with E-state index in [1.165, 1.54) is 0 Å². The summed E-state index contributed by atoms with van der Waals surface area (Å²) in [7, 11) is 0. The predicted octanol–water partition coefficient (Wildman–Crippen LogP) is 3.90. The van der Waals surface area contributed by atoms with Gasteiger partial charge in [0.1, 0.15) is 5.82 Å². The van der Waals surface area contributed by atoms with Crippen molar-refractivity contribution in [2.24, 2.45) is 0 Å². The molecule has 2 aromatic carbocycles. The number of hydrogen-bond donors (Lipinski definition) is 1. The van der Waals surface area contributed by atoms with Gasteiger partial charge in [0.2, 0.25) is 0 Å². The average molecular weight is 343 g/mol. The molecule has 3 aromatic rings. The van der Waals surface area contributed by atoms with Crippen molar-refractivity contribution in [3.8, 4) is 5.69 Å². The van der Waals surface area contributed by atoms with Crippen molar-refractivity contribution in [1.82, 2.24) is 4.57 Å². The van der Waals surface area contributed by atoms with Crippen LogP contribution in [0, 0.1) is 0 Å². The number of nitrogens with zero attached hydrogens (tertiary/aromatic N) is 1. The molecule has 0 aliphatic rings. The number of aromatic nitrogens is 1. The summed E-state index contributed by atoms with van der Waals surface area (Å²) in [5.41, 5.74) is 7.97. The maximum Gasteiger partial charge on any atom is 0.264 e. The van der Waals surface area contributed by atoms with Gasteiger partial charge in [0, 0.05) is 9.86 Å². The van der Waals surface area contributed by atoms with Crippen molar-refractivity contribution in [2.75, 3.05) is 5.73 Å². The summed E-state index contributed by atoms with van der Waals surface area (Å²) in [5.74, 6) is 0.454. The zero-order valence-electron chi connectivity index (χ0n) is 11.6. The highest BCUT2D eigenvalue weighted by Crippen LogP contribution is 2.23. The van der Waals surface area contributed by atoms with Gasteiger partial charge in [0.25, 0.3) is 5.56 Å². The summed E-state index contributed by atoms with van der Waals surface area (Å²) < 4.78 is 2.59. The number of aryl methyl sites for hydroxylation is 1. The van der Waals surface area contributed by atoms with Gasteiger partial charge in [-0.15, -0.1) is 0 Å². The van der Waals surface area contributed by atoms with Crippen molar-refractivity contribution < 1.29 is 0 Å². The Bertz CT molecular complexity index is 884. The Labute approximate surface area is 131 Å². The first kappa shape index (κ1) is 13.9. The number of pyridine rings is 1. The normalized spacial score (nSPS) is 11.0. The first-order chi connectivity index (χ1) is 10.1. The Morgan fingerprint density at radius 2 is 1.90 bits per heavy atom. The lowest BCUT2D eigenvalue weighted by atomic mass is 10.1. The summed E-state index contributed by atoms with van der Waals surface area (Å²) in [6.07, 6.45) is 0.827. The lowest BCUT2D eigenvalue weighted by molar-refractivity contribution is 0.979. The van der Waals surface area contributed by atoms with Crippen LogP contribution in [0.3, 0.4) is 0 Å². The van der Waals surface area contributed by atoms with E-state index in [9.17, 15) is 4.79 Å². The van der Waals surface area contributed by atoms with Gasteiger partial charge in [0.15, 0.2) is 0 Å². The van der Waals surface area contributed by atoms with Gasteiger partial charge >= 0.3 is 0 Å². The second kappa shape index (κ2) is 5.37. The number of anilines is 1. The largest absolute Gasteiger partial charge is 0.385 e. The minimum absolute atomic E-state index is 0.0809. The lowest BCUT2D eigenvalue weighted by Crippen LogP contribution is -2.22. The van der Waals surface area contributed by atoms with Gasteiger partial charge in [-0.25, -0.2) is 0 Å². The van der Waals surface area contributed by atoms with E-state index in [0.29, 0.717) is 11.2 Å². The minimum atomic E-state index is -0.0809. The molecular formula is C17H15BrN2O. The molecule has 0 saturated heterocycles. The molecule has 0 amide bonds. The van der Waals surface area contributed by atoms with Crippen molar-refractivity contribution in [2.45, 2.75) is 13.3 Å². The number of benzene rings is 2. The van der Waals surface area contributed by atoms with Crippen molar-refractivity contribution >= 4 is 32.5 Å². The van der Waals surface area contributed by atoms with E-state index in [1.54, 1.807) is 4.57 Å². The average Bonchev–Trinajstić information content (AvgIpc) is 2.48. The van der Waals surface area contributed by atoms with Gasteiger partial charge in [-0.05, 0) is 47.7 Å². The number of fused-ring (bicyclic) bond motifs is 1. The molecule has 21 heavy (non-hydrogen) atoms. The molecule has 3 rings (SSSR count). The fraction of sp³-hybridized carbons (Fsp3) is 0.118. The third-order valence-corrected chi connectivity index (χ3v) is 4.11. The minimum Gasteiger partial charge on any atom is -0.385 e. The number of rotatable bonds is 2. The number of nitrogens with two attached hydrogens (primary N) is 1. The van der Waals surface area contributed by atoms with Crippen LogP contribution in [-0.2, 0) is 6.42 Å². The number of hydrogen-bond acceptors (Lipinski definition) is 2. The molecule has 0 aliphatic heterocycles. The van der Waals surface area contributed by atoms with E-state index in [-0.39, 0.29) is 5.56 Å². The molecule has 4 heteroatoms. The first-order valence-electron chi connectivity index (χ1n) is 6.81. The summed E-state index contributed by atoms with van der Waals surface area (Å²) >= 11 is 3.47. The molecule has 0 radical (unpaired) electrons. The van der Waals surface area contributed by atoms with Crippen molar-refractivity contribution in [3.63, 3.8) is 0 Å². The smallest absolute Gasteiger partial charge is 0.264 e. The Morgan fingerprint density at radius 3 is 2.67 bits per heavy atom. The first-order valence-corrected chi connectivity index (χ1v) is 7.60. The van der Waals surface area contributed by atoms with Crippen molar-refractivity contribution in [3.05, 3.63) is 68.9 Å². The van der Waals surface area contributed by atoms with Crippen LogP contribution in [-0.4, -0.2) is 4.57 Å². The summed E-state index contributed by atoms with van der Waals surface area (Å²) in [4.78, 5) is 12.8. The van der Waals surface area contributed by atoms with Crippen LogP contribution >= 0.6 is 15.9 Å². The van der Waals surface area contributed by atoms with Crippen LogP contribution in [0.5, 0.6) is 0 Å². The Hall–Kier alpha value is -2.07. The van der Waals surface area contributed by atoms with E-state index in [0.717, 1.165) is 27.5 Å². The van der Waals surface area contributed by atoms with E-state index in [2.05, 4.69) is 22.9 Å². The van der Waals surface area contributed by atoms with Gasteiger partial charge < -0.3 is 5.73 Å². The highest BCUT2D eigenvalue weighted by atomic mass is 79.9. The monoisotopic (exact) mass is 342 g/mol. The van der Waals surface area contributed by atoms with Crippen LogP contribution in [0.4, 0.5) is 5.82 Å². The second-order valence-corrected chi connectivity index (χ2v) is 5.84. The summed E-state index contributed by atoms with van der Waals surface area (Å²) in [6.45, 7) is 2.06. The predicted molar refractivity (Wildman–Crippen MR) is 91.0 cm³/mol. The summed E-state index contributed by atoms with van der Waals surface area (Å²) in [6, 6.07) is 15.2. The molecule has 1 heterocycles. The van der Waals surface area contributed by atoms with Gasteiger partial charge in [0.05, 0.1) is 5.69 Å². The van der Waals surface area contributed by atoms with Gasteiger partial charge in [-0.3, -0.25) is 9.36 Å². The lowest BCUT2D eigenvalue weighted by Gasteiger charge is -2.15. The SMILES string of the molecule is CCc1cc(Br)ccc1-n1c(N)cc2ccccc2c1=O. The third-order valence-electron chi connectivity index (χ3n) is 3.62. The molecule has 1 aromatic heterocycles. The molecule has 0 spiro atoms. The molecule has 0 fully saturated rings. The van der Waals surface area contributed by atoms with E-state index >= 15 is 0 Å². The topological polar surface area (TPSA) is 48.0 Å². The Balaban J connectivity index is 2.38. The molecule has 0 unspecified atom stereocenters. The quantitative estimate of drug-likeness (QED) is 0.767. The zero-order valence-corrected chi connectivity index (χ0v) is 13.2. The second-order valence-electron chi connectivity index (χ2n) is 4.92. The Morgan fingerprint density at radius 1 is 1.14 bits per heavy atom. The van der Waals surface area contributed by atoms with Crippen LogP contribution < -0.4 is 11.3 Å². The third kappa shape index (κ3) is 2.36. The fourth-order valence-electron chi connectivity index (χ4n) is 2.58. The molecule has 0 atom stereocenters. The van der Waals surface area contributed by atoms with Crippen LogP contribution in [0.2, 0.25) is 0 Å². The zero-order chi connectivity index (χ0) is 15.0. The molecule has 2 N–H and O–H groups in total. The molecule has 3 nitrogen and oxygen atoms in total.